The fraction of sp³-hybridized carbons (Fsp3) is 0.263. The topological polar surface area (TPSA) is 96.5 Å². The van der Waals surface area contributed by atoms with E-state index in [-0.39, 0.29) is 18.4 Å². The van der Waals surface area contributed by atoms with Gasteiger partial charge in [-0.3, -0.25) is 14.5 Å². The summed E-state index contributed by atoms with van der Waals surface area (Å²) in [6, 6.07) is 5.31. The average Bonchev–Trinajstić information content (AvgIpc) is 3.32. The number of thioether (sulfide) groups is 1. The summed E-state index contributed by atoms with van der Waals surface area (Å²) in [5, 5.41) is 2.78. The lowest BCUT2D eigenvalue weighted by molar-refractivity contribution is -0.128. The van der Waals surface area contributed by atoms with Crippen LogP contribution >= 0.6 is 24.0 Å². The molecule has 1 aliphatic rings. The number of methoxy groups -OCH3 is 2. The summed E-state index contributed by atoms with van der Waals surface area (Å²) in [4.78, 5) is 33.6. The maximum absolute atomic E-state index is 12.7. The number of carbonyl (C=O) groups excluding carboxylic acids is 2. The number of aromatic nitrogens is 2. The van der Waals surface area contributed by atoms with Crippen LogP contribution in [0.4, 0.5) is 0 Å². The number of nitrogens with zero attached hydrogens (tertiary/aromatic N) is 2. The summed E-state index contributed by atoms with van der Waals surface area (Å²) in [6.07, 6.45) is 5.61. The molecule has 0 radical (unpaired) electrons. The van der Waals surface area contributed by atoms with E-state index in [1.165, 1.54) is 4.90 Å². The van der Waals surface area contributed by atoms with Gasteiger partial charge in [-0.2, -0.15) is 0 Å². The number of thiocarbonyl (C=S) groups is 1. The summed E-state index contributed by atoms with van der Waals surface area (Å²) >= 11 is 6.45. The second kappa shape index (κ2) is 9.57. The van der Waals surface area contributed by atoms with Gasteiger partial charge in [0, 0.05) is 36.5 Å². The van der Waals surface area contributed by atoms with Crippen molar-refractivity contribution >= 4 is 46.2 Å². The highest BCUT2D eigenvalue weighted by atomic mass is 32.2. The first-order valence-electron chi connectivity index (χ1n) is 8.73. The molecular formula is C19H20N4O4S2. The molecule has 29 heavy (non-hydrogen) atoms. The van der Waals surface area contributed by atoms with Crippen LogP contribution in [0.25, 0.3) is 6.08 Å². The van der Waals surface area contributed by atoms with Gasteiger partial charge in [0.1, 0.15) is 22.4 Å². The Balaban J connectivity index is 1.63. The van der Waals surface area contributed by atoms with E-state index in [1.807, 2.05) is 0 Å². The lowest BCUT2D eigenvalue weighted by atomic mass is 10.1. The molecule has 2 amide bonds. The van der Waals surface area contributed by atoms with Crippen LogP contribution in [0.1, 0.15) is 11.3 Å². The Bertz CT molecular complexity index is 944. The quantitative estimate of drug-likeness (QED) is 0.486. The highest BCUT2D eigenvalue weighted by Gasteiger charge is 2.33. The van der Waals surface area contributed by atoms with E-state index < -0.39 is 0 Å². The third kappa shape index (κ3) is 5.15. The molecule has 1 saturated heterocycles. The molecule has 152 valence electrons. The number of benzene rings is 1. The van der Waals surface area contributed by atoms with E-state index in [9.17, 15) is 9.59 Å². The number of ether oxygens (including phenoxy) is 2. The summed E-state index contributed by atoms with van der Waals surface area (Å²) < 4.78 is 10.9. The third-order valence-electron chi connectivity index (χ3n) is 4.17. The predicted molar refractivity (Wildman–Crippen MR) is 115 cm³/mol. The van der Waals surface area contributed by atoms with Crippen molar-refractivity contribution in [2.24, 2.45) is 0 Å². The predicted octanol–water partition coefficient (Wildman–Crippen LogP) is 1.99. The molecule has 2 N–H and O–H groups in total. The zero-order chi connectivity index (χ0) is 20.8. The number of H-pyrrole nitrogens is 1. The molecule has 0 unspecified atom stereocenters. The monoisotopic (exact) mass is 432 g/mol. The zero-order valence-corrected chi connectivity index (χ0v) is 17.6. The van der Waals surface area contributed by atoms with Crippen LogP contribution in [0, 0.1) is 0 Å². The standard InChI is InChI=1S/C19H20N4O4S2/c1-26-14-4-3-12(15(8-14)27-2)7-16-18(25)23(19(28)29-16)10-17(24)21-6-5-13-9-20-11-22-13/h3-4,7-9,11H,5-6,10H2,1-2H3,(H,20,22)(H,21,24)/b16-7-. The minimum absolute atomic E-state index is 0.120. The molecule has 0 saturated carbocycles. The van der Waals surface area contributed by atoms with Crippen LogP contribution in [0.3, 0.4) is 0 Å². The van der Waals surface area contributed by atoms with E-state index in [1.54, 1.807) is 51.0 Å². The fourth-order valence-electron chi connectivity index (χ4n) is 2.67. The first-order valence-corrected chi connectivity index (χ1v) is 9.95. The molecular weight excluding hydrogens is 412 g/mol. The molecule has 0 bridgehead atoms. The molecule has 0 atom stereocenters. The van der Waals surface area contributed by atoms with E-state index in [4.69, 9.17) is 21.7 Å². The molecule has 1 aromatic heterocycles. The Labute approximate surface area is 177 Å². The van der Waals surface area contributed by atoms with Crippen molar-refractivity contribution in [2.45, 2.75) is 6.42 Å². The number of hydrogen-bond acceptors (Lipinski definition) is 7. The summed E-state index contributed by atoms with van der Waals surface area (Å²) in [6.45, 7) is 0.319. The van der Waals surface area contributed by atoms with Gasteiger partial charge < -0.3 is 19.8 Å². The Hall–Kier alpha value is -2.85. The van der Waals surface area contributed by atoms with Crippen LogP contribution in [0.5, 0.6) is 11.5 Å². The van der Waals surface area contributed by atoms with Crippen molar-refractivity contribution in [1.82, 2.24) is 20.2 Å². The maximum Gasteiger partial charge on any atom is 0.266 e. The molecule has 2 aromatic rings. The molecule has 1 aromatic carbocycles. The second-order valence-electron chi connectivity index (χ2n) is 6.05. The van der Waals surface area contributed by atoms with E-state index in [0.717, 1.165) is 23.0 Å². The van der Waals surface area contributed by atoms with Crippen molar-refractivity contribution in [2.75, 3.05) is 27.3 Å². The lowest BCUT2D eigenvalue weighted by Crippen LogP contribution is -2.40. The second-order valence-corrected chi connectivity index (χ2v) is 7.73. The number of hydrogen-bond donors (Lipinski definition) is 2. The largest absolute Gasteiger partial charge is 0.497 e. The van der Waals surface area contributed by atoms with Crippen molar-refractivity contribution < 1.29 is 19.1 Å². The van der Waals surface area contributed by atoms with Gasteiger partial charge in [-0.1, -0.05) is 24.0 Å². The van der Waals surface area contributed by atoms with Gasteiger partial charge in [-0.05, 0) is 18.2 Å². The highest BCUT2D eigenvalue weighted by Crippen LogP contribution is 2.35. The van der Waals surface area contributed by atoms with Gasteiger partial charge in [0.05, 0.1) is 25.5 Å². The molecule has 1 fully saturated rings. The lowest BCUT2D eigenvalue weighted by Gasteiger charge is -2.14. The third-order valence-corrected chi connectivity index (χ3v) is 5.55. The van der Waals surface area contributed by atoms with E-state index in [2.05, 4.69) is 15.3 Å². The van der Waals surface area contributed by atoms with Crippen molar-refractivity contribution in [3.8, 4) is 11.5 Å². The Morgan fingerprint density at radius 2 is 2.21 bits per heavy atom. The van der Waals surface area contributed by atoms with Crippen LogP contribution in [0.2, 0.25) is 0 Å². The maximum atomic E-state index is 12.7. The van der Waals surface area contributed by atoms with Crippen LogP contribution in [-0.4, -0.2) is 58.3 Å². The molecule has 2 heterocycles. The average molecular weight is 433 g/mol. The van der Waals surface area contributed by atoms with Gasteiger partial charge >= 0.3 is 0 Å². The molecule has 8 nitrogen and oxygen atoms in total. The van der Waals surface area contributed by atoms with Crippen molar-refractivity contribution in [3.63, 3.8) is 0 Å². The number of nitrogens with one attached hydrogen (secondary N) is 2. The van der Waals surface area contributed by atoms with Gasteiger partial charge in [0.15, 0.2) is 0 Å². The fourth-order valence-corrected chi connectivity index (χ4v) is 3.92. The Morgan fingerprint density at radius 3 is 2.90 bits per heavy atom. The minimum atomic E-state index is -0.304. The summed E-state index contributed by atoms with van der Waals surface area (Å²) in [5.41, 5.74) is 1.64. The number of rotatable bonds is 8. The SMILES string of the molecule is COc1ccc(/C=C2\SC(=S)N(CC(=O)NCCc3cnc[nH]3)C2=O)c(OC)c1. The van der Waals surface area contributed by atoms with Gasteiger partial charge in [-0.25, -0.2) is 4.98 Å². The molecule has 3 rings (SSSR count). The summed E-state index contributed by atoms with van der Waals surface area (Å²) in [7, 11) is 3.12. The smallest absolute Gasteiger partial charge is 0.266 e. The molecule has 10 heteroatoms. The van der Waals surface area contributed by atoms with Crippen LogP contribution in [0.15, 0.2) is 35.6 Å². The van der Waals surface area contributed by atoms with E-state index >= 15 is 0 Å². The first kappa shape index (κ1) is 20.9. The highest BCUT2D eigenvalue weighted by molar-refractivity contribution is 8.26. The van der Waals surface area contributed by atoms with Gasteiger partial charge in [-0.15, -0.1) is 0 Å². The number of carbonyl (C=O) groups is 2. The molecule has 0 aliphatic carbocycles. The van der Waals surface area contributed by atoms with Crippen molar-refractivity contribution in [1.29, 1.82) is 0 Å². The Kier molecular flexibility index (Phi) is 6.89. The number of aromatic amines is 1. The van der Waals surface area contributed by atoms with Crippen LogP contribution < -0.4 is 14.8 Å². The minimum Gasteiger partial charge on any atom is -0.497 e. The van der Waals surface area contributed by atoms with Crippen LogP contribution in [-0.2, 0) is 16.0 Å². The molecule has 0 spiro atoms. The van der Waals surface area contributed by atoms with E-state index in [0.29, 0.717) is 33.7 Å². The van der Waals surface area contributed by atoms with Crippen molar-refractivity contribution in [3.05, 3.63) is 46.9 Å². The first-order chi connectivity index (χ1) is 14.0. The van der Waals surface area contributed by atoms with Gasteiger partial charge in [0.2, 0.25) is 5.91 Å². The zero-order valence-electron chi connectivity index (χ0n) is 15.9. The Morgan fingerprint density at radius 1 is 1.38 bits per heavy atom. The number of amides is 2. The normalized spacial score (nSPS) is 15.1. The number of imidazole rings is 1. The molecule has 1 aliphatic heterocycles. The summed E-state index contributed by atoms with van der Waals surface area (Å²) in [5.74, 6) is 0.648. The van der Waals surface area contributed by atoms with Gasteiger partial charge in [0.25, 0.3) is 5.91 Å².